The molecule has 5 rings (SSSR count). The zero-order chi connectivity index (χ0) is 32.2. The number of rotatable bonds is 7. The lowest BCUT2D eigenvalue weighted by Crippen LogP contribution is -2.51. The summed E-state index contributed by atoms with van der Waals surface area (Å²) in [7, 11) is 1.34. The lowest BCUT2D eigenvalue weighted by Gasteiger charge is -2.31. The first-order valence-electron chi connectivity index (χ1n) is 12.7. The van der Waals surface area contributed by atoms with E-state index in [1.54, 1.807) is 6.07 Å². The molecule has 1 aliphatic rings. The van der Waals surface area contributed by atoms with Crippen LogP contribution in [0.5, 0.6) is 11.5 Å². The molecule has 44 heavy (non-hydrogen) atoms. The highest BCUT2D eigenvalue weighted by atomic mass is 79.9. The molecule has 0 unspecified atom stereocenters. The second kappa shape index (κ2) is 11.2. The zero-order valence-corrected chi connectivity index (χ0v) is 25.2. The Kier molecular flexibility index (Phi) is 7.97. The summed E-state index contributed by atoms with van der Waals surface area (Å²) in [5.41, 5.74) is -0.885. The van der Waals surface area contributed by atoms with Crippen LogP contribution in [0.2, 0.25) is 5.02 Å². The summed E-state index contributed by atoms with van der Waals surface area (Å²) in [6.07, 6.45) is -3.89. The van der Waals surface area contributed by atoms with E-state index in [0.29, 0.717) is 15.4 Å². The number of benzene rings is 2. The van der Waals surface area contributed by atoms with Crippen molar-refractivity contribution in [2.24, 2.45) is 5.73 Å². The molecule has 0 saturated carbocycles. The van der Waals surface area contributed by atoms with E-state index in [9.17, 15) is 32.3 Å². The van der Waals surface area contributed by atoms with Crippen LogP contribution in [0.1, 0.15) is 28.5 Å². The number of amides is 2. The van der Waals surface area contributed by atoms with Gasteiger partial charge in [-0.3, -0.25) is 14.6 Å². The second-order valence-electron chi connectivity index (χ2n) is 10.3. The van der Waals surface area contributed by atoms with Gasteiger partial charge < -0.3 is 25.6 Å². The Morgan fingerprint density at radius 1 is 1.23 bits per heavy atom. The van der Waals surface area contributed by atoms with Gasteiger partial charge in [0.1, 0.15) is 40.5 Å². The molecule has 0 radical (unpaired) electrons. The van der Waals surface area contributed by atoms with Crippen LogP contribution < -0.4 is 20.5 Å². The van der Waals surface area contributed by atoms with Gasteiger partial charge in [-0.25, -0.2) is 9.37 Å². The number of methoxy groups -OCH3 is 1. The number of pyridine rings is 2. The van der Waals surface area contributed by atoms with E-state index in [1.165, 1.54) is 38.4 Å². The number of carbonyl (C=O) groups excluding carboxylic acids is 2. The van der Waals surface area contributed by atoms with E-state index >= 15 is 0 Å². The largest absolute Gasteiger partial charge is 0.494 e. The lowest BCUT2D eigenvalue weighted by molar-refractivity contribution is -0.265. The summed E-state index contributed by atoms with van der Waals surface area (Å²) < 4.78 is 69.5. The van der Waals surface area contributed by atoms with Gasteiger partial charge in [0.15, 0.2) is 0 Å². The molecule has 0 spiro atoms. The van der Waals surface area contributed by atoms with Gasteiger partial charge in [0.05, 0.1) is 24.4 Å². The summed E-state index contributed by atoms with van der Waals surface area (Å²) in [5.74, 6) is -2.53. The molecule has 4 aromatic rings. The molecule has 230 valence electrons. The van der Waals surface area contributed by atoms with Gasteiger partial charge in [-0.1, -0.05) is 11.6 Å². The number of hydrogen-bond acceptors (Lipinski definition) is 7. The van der Waals surface area contributed by atoms with Gasteiger partial charge in [0.2, 0.25) is 11.5 Å². The van der Waals surface area contributed by atoms with Crippen molar-refractivity contribution in [2.75, 3.05) is 20.3 Å². The number of nitrogens with two attached hydrogens (primary N) is 1. The maximum absolute atomic E-state index is 14.7. The third kappa shape index (κ3) is 5.30. The van der Waals surface area contributed by atoms with Gasteiger partial charge in [0, 0.05) is 32.7 Å². The first kappa shape index (κ1) is 31.4. The molecule has 0 saturated heterocycles. The van der Waals surface area contributed by atoms with E-state index in [-0.39, 0.29) is 45.5 Å². The molecular formula is C29H22BrClF4N4O5. The molecule has 2 amide bonds. The zero-order valence-electron chi connectivity index (χ0n) is 22.9. The van der Waals surface area contributed by atoms with Crippen LogP contribution in [0, 0.1) is 5.82 Å². The fourth-order valence-corrected chi connectivity index (χ4v) is 5.39. The van der Waals surface area contributed by atoms with Crippen molar-refractivity contribution in [1.82, 2.24) is 15.3 Å². The second-order valence-corrected chi connectivity index (χ2v) is 11.6. The third-order valence-electron chi connectivity index (χ3n) is 7.40. The van der Waals surface area contributed by atoms with Gasteiger partial charge in [-0.05, 0) is 65.3 Å². The Labute approximate surface area is 260 Å². The maximum Gasteiger partial charge on any atom is 0.424 e. The van der Waals surface area contributed by atoms with Crippen molar-refractivity contribution in [3.8, 4) is 22.8 Å². The van der Waals surface area contributed by atoms with Crippen molar-refractivity contribution >= 4 is 50.2 Å². The number of halogens is 6. The molecular weight excluding hydrogens is 676 g/mol. The van der Waals surface area contributed by atoms with Gasteiger partial charge in [0.25, 0.3) is 5.91 Å². The minimum Gasteiger partial charge on any atom is -0.494 e. The summed E-state index contributed by atoms with van der Waals surface area (Å²) in [6, 6.07) is 8.28. The molecule has 4 N–H and O–H groups in total. The number of aromatic nitrogens is 2. The van der Waals surface area contributed by atoms with Crippen LogP contribution in [0.4, 0.5) is 17.6 Å². The van der Waals surface area contributed by atoms with Crippen molar-refractivity contribution < 1.29 is 41.7 Å². The molecule has 0 aliphatic carbocycles. The first-order valence-corrected chi connectivity index (χ1v) is 13.9. The lowest BCUT2D eigenvalue weighted by atomic mass is 9.81. The summed E-state index contributed by atoms with van der Waals surface area (Å²) in [5, 5.41) is 13.6. The van der Waals surface area contributed by atoms with Crippen molar-refractivity contribution in [1.29, 1.82) is 0 Å². The van der Waals surface area contributed by atoms with E-state index < -0.39 is 47.1 Å². The summed E-state index contributed by atoms with van der Waals surface area (Å²) >= 11 is 9.50. The highest BCUT2D eigenvalue weighted by molar-refractivity contribution is 9.10. The third-order valence-corrected chi connectivity index (χ3v) is 8.14. The number of aliphatic hydroxyl groups is 1. The van der Waals surface area contributed by atoms with Crippen LogP contribution in [0.25, 0.3) is 22.2 Å². The first-order chi connectivity index (χ1) is 20.6. The van der Waals surface area contributed by atoms with Crippen LogP contribution in [-0.2, 0) is 15.8 Å². The molecule has 2 aromatic carbocycles. The molecule has 0 bridgehead atoms. The Bertz CT molecular complexity index is 1840. The average Bonchev–Trinajstić information content (AvgIpc) is 3.31. The monoisotopic (exact) mass is 696 g/mol. The number of primary amides is 1. The SMILES string of the molecule is COc1cc(C(=O)NC[C@](O)(c2cc3c(c(-c4ccc(F)cc4Cl)n2)OC[C@]3(C)C(N)=O)C(F)(F)F)cc2cc(Br)cnc12. The standard InChI is InChI=1S/C29H22BrClF4N4O5/c1-27(26(36)41)12-44-24-18(27)9-21(39-23(24)17-4-3-16(32)8-19(17)31)28(42,29(33,34)35)11-38-25(40)14-5-13-6-15(30)10-37-22(13)20(7-14)43-2/h3-10,42H,11-12H2,1-2H3,(H2,36,41)(H,38,40)/t27-,28-/m0/s1. The minimum absolute atomic E-state index is 0.0310. The van der Waals surface area contributed by atoms with Gasteiger partial charge in [-0.15, -0.1) is 0 Å². The van der Waals surface area contributed by atoms with E-state index in [4.69, 9.17) is 26.8 Å². The predicted molar refractivity (Wildman–Crippen MR) is 155 cm³/mol. The highest BCUT2D eigenvalue weighted by Gasteiger charge is 2.57. The van der Waals surface area contributed by atoms with Crippen LogP contribution in [0.15, 0.2) is 53.1 Å². The average molecular weight is 698 g/mol. The molecule has 15 heteroatoms. The smallest absolute Gasteiger partial charge is 0.424 e. The molecule has 9 nitrogen and oxygen atoms in total. The van der Waals surface area contributed by atoms with E-state index in [1.807, 2.05) is 0 Å². The van der Waals surface area contributed by atoms with E-state index in [2.05, 4.69) is 31.2 Å². The summed E-state index contributed by atoms with van der Waals surface area (Å²) in [6.45, 7) is -0.372. The number of ether oxygens (including phenoxy) is 2. The van der Waals surface area contributed by atoms with Crippen LogP contribution in [-0.4, -0.2) is 53.3 Å². The van der Waals surface area contributed by atoms with Crippen molar-refractivity contribution in [3.63, 3.8) is 0 Å². The number of carbonyl (C=O) groups is 2. The highest BCUT2D eigenvalue weighted by Crippen LogP contribution is 2.48. The fourth-order valence-electron chi connectivity index (χ4n) is 4.79. The number of alkyl halides is 3. The van der Waals surface area contributed by atoms with E-state index in [0.717, 1.165) is 18.2 Å². The summed E-state index contributed by atoms with van der Waals surface area (Å²) in [4.78, 5) is 33.9. The maximum atomic E-state index is 14.7. The quantitative estimate of drug-likeness (QED) is 0.227. The molecule has 2 aromatic heterocycles. The molecule has 3 heterocycles. The van der Waals surface area contributed by atoms with Crippen LogP contribution in [0.3, 0.4) is 0 Å². The normalized spacial score (nSPS) is 17.5. The predicted octanol–water partition coefficient (Wildman–Crippen LogP) is 5.18. The number of nitrogens with zero attached hydrogens (tertiary/aromatic N) is 2. The number of fused-ring (bicyclic) bond motifs is 2. The van der Waals surface area contributed by atoms with Crippen molar-refractivity contribution in [2.45, 2.75) is 24.1 Å². The van der Waals surface area contributed by atoms with Crippen molar-refractivity contribution in [3.05, 3.63) is 80.8 Å². The van der Waals surface area contributed by atoms with Gasteiger partial charge >= 0.3 is 6.18 Å². The van der Waals surface area contributed by atoms with Gasteiger partial charge in [-0.2, -0.15) is 13.2 Å². The Balaban J connectivity index is 1.61. The van der Waals surface area contributed by atoms with Crippen LogP contribution >= 0.6 is 27.5 Å². The molecule has 2 atom stereocenters. The molecule has 1 aliphatic heterocycles. The Morgan fingerprint density at radius 2 is 1.95 bits per heavy atom. The fraction of sp³-hybridized carbons (Fsp3) is 0.241. The molecule has 0 fully saturated rings. The number of hydrogen-bond donors (Lipinski definition) is 3. The Morgan fingerprint density at radius 3 is 2.59 bits per heavy atom. The minimum atomic E-state index is -5.40. The number of nitrogens with one attached hydrogen (secondary N) is 1. The Hall–Kier alpha value is -4.01. The topological polar surface area (TPSA) is 137 Å².